The molecule has 0 fully saturated rings. The number of hydrogen-bond acceptors (Lipinski definition) is 5. The molecular weight excluding hydrogens is 320 g/mol. The van der Waals surface area contributed by atoms with E-state index in [0.29, 0.717) is 36.6 Å². The van der Waals surface area contributed by atoms with E-state index in [9.17, 15) is 10.1 Å². The van der Waals surface area contributed by atoms with E-state index in [0.717, 1.165) is 11.1 Å². The van der Waals surface area contributed by atoms with Crippen molar-refractivity contribution >= 4 is 5.69 Å². The molecule has 0 aliphatic rings. The highest BCUT2D eigenvalue weighted by atomic mass is 16.6. The Morgan fingerprint density at radius 3 is 2.56 bits per heavy atom. The van der Waals surface area contributed by atoms with Crippen molar-refractivity contribution in [2.75, 3.05) is 14.2 Å². The number of ether oxygens (including phenoxy) is 2. The lowest BCUT2D eigenvalue weighted by Crippen LogP contribution is -2.14. The van der Waals surface area contributed by atoms with Gasteiger partial charge in [0, 0.05) is 30.3 Å². The summed E-state index contributed by atoms with van der Waals surface area (Å²) < 4.78 is 10.8. The maximum atomic E-state index is 11.1. The summed E-state index contributed by atoms with van der Waals surface area (Å²) in [6.07, 6.45) is 2.47. The van der Waals surface area contributed by atoms with Crippen LogP contribution in [0.4, 0.5) is 5.69 Å². The minimum absolute atomic E-state index is 0.120. The van der Waals surface area contributed by atoms with Gasteiger partial charge in [-0.05, 0) is 18.1 Å². The van der Waals surface area contributed by atoms with Gasteiger partial charge in [-0.3, -0.25) is 10.1 Å². The first-order chi connectivity index (χ1) is 12.1. The number of para-hydroxylation sites is 1. The smallest absolute Gasteiger partial charge is 0.273 e. The standard InChI is InChI=1S/C19H22N2O4/c1-4-7-15-10-14(11-18(24-2)19(15)25-3)12-20-13-16-8-5-6-9-17(16)21(22)23/h4-6,8-11,20H,1,7,12-13H2,2-3H3. The Hall–Kier alpha value is -2.86. The minimum atomic E-state index is -0.365. The zero-order valence-corrected chi connectivity index (χ0v) is 14.5. The summed E-state index contributed by atoms with van der Waals surface area (Å²) in [5.41, 5.74) is 2.77. The maximum Gasteiger partial charge on any atom is 0.273 e. The van der Waals surface area contributed by atoms with Crippen molar-refractivity contribution in [1.29, 1.82) is 0 Å². The molecule has 2 aromatic carbocycles. The Kier molecular flexibility index (Phi) is 6.54. The molecule has 0 atom stereocenters. The summed E-state index contributed by atoms with van der Waals surface area (Å²) in [5.74, 6) is 1.36. The molecule has 0 spiro atoms. The van der Waals surface area contributed by atoms with Crippen LogP contribution in [-0.4, -0.2) is 19.1 Å². The highest BCUT2D eigenvalue weighted by Gasteiger charge is 2.13. The van der Waals surface area contributed by atoms with Crippen molar-refractivity contribution in [2.24, 2.45) is 0 Å². The highest BCUT2D eigenvalue weighted by molar-refractivity contribution is 5.50. The second-order valence-corrected chi connectivity index (χ2v) is 5.47. The topological polar surface area (TPSA) is 73.6 Å². The van der Waals surface area contributed by atoms with Crippen LogP contribution in [0.5, 0.6) is 11.5 Å². The van der Waals surface area contributed by atoms with Gasteiger partial charge in [0.2, 0.25) is 0 Å². The van der Waals surface area contributed by atoms with Crippen molar-refractivity contribution < 1.29 is 14.4 Å². The fourth-order valence-corrected chi connectivity index (χ4v) is 2.70. The first-order valence-electron chi connectivity index (χ1n) is 7.88. The highest BCUT2D eigenvalue weighted by Crippen LogP contribution is 2.33. The van der Waals surface area contributed by atoms with E-state index in [1.54, 1.807) is 32.4 Å². The van der Waals surface area contributed by atoms with Gasteiger partial charge in [-0.2, -0.15) is 0 Å². The van der Waals surface area contributed by atoms with Gasteiger partial charge < -0.3 is 14.8 Å². The molecule has 0 aliphatic carbocycles. The molecule has 0 saturated heterocycles. The second-order valence-electron chi connectivity index (χ2n) is 5.47. The third-order valence-electron chi connectivity index (χ3n) is 3.81. The number of hydrogen-bond donors (Lipinski definition) is 1. The number of benzene rings is 2. The van der Waals surface area contributed by atoms with Crippen LogP contribution in [0, 0.1) is 10.1 Å². The number of nitrogens with zero attached hydrogens (tertiary/aromatic N) is 1. The molecule has 2 aromatic rings. The number of nitrogens with one attached hydrogen (secondary N) is 1. The lowest BCUT2D eigenvalue weighted by molar-refractivity contribution is -0.385. The Bertz CT molecular complexity index is 759. The number of rotatable bonds is 9. The van der Waals surface area contributed by atoms with E-state index >= 15 is 0 Å². The molecule has 0 unspecified atom stereocenters. The van der Waals surface area contributed by atoms with Gasteiger partial charge in [-0.25, -0.2) is 0 Å². The molecule has 0 bridgehead atoms. The van der Waals surface area contributed by atoms with Crippen LogP contribution in [0.3, 0.4) is 0 Å². The molecule has 2 rings (SSSR count). The molecule has 1 N–H and O–H groups in total. The summed E-state index contributed by atoms with van der Waals surface area (Å²) in [6, 6.07) is 10.6. The summed E-state index contributed by atoms with van der Waals surface area (Å²) in [4.78, 5) is 10.7. The summed E-state index contributed by atoms with van der Waals surface area (Å²) in [7, 11) is 3.21. The van der Waals surface area contributed by atoms with Gasteiger partial charge in [0.1, 0.15) is 0 Å². The van der Waals surface area contributed by atoms with Crippen molar-refractivity contribution in [3.8, 4) is 11.5 Å². The predicted octanol–water partition coefficient (Wildman–Crippen LogP) is 3.63. The number of methoxy groups -OCH3 is 2. The maximum absolute atomic E-state index is 11.1. The quantitative estimate of drug-likeness (QED) is 0.428. The van der Waals surface area contributed by atoms with Crippen LogP contribution in [-0.2, 0) is 19.5 Å². The SMILES string of the molecule is C=CCc1cc(CNCc2ccccc2[N+](=O)[O-])cc(OC)c1OC. The third-order valence-corrected chi connectivity index (χ3v) is 3.81. The van der Waals surface area contributed by atoms with Crippen LogP contribution in [0.15, 0.2) is 49.1 Å². The molecule has 0 heterocycles. The Labute approximate surface area is 147 Å². The van der Waals surface area contributed by atoms with Crippen molar-refractivity contribution in [3.63, 3.8) is 0 Å². The minimum Gasteiger partial charge on any atom is -0.493 e. The fraction of sp³-hybridized carbons (Fsp3) is 0.263. The summed E-state index contributed by atoms with van der Waals surface area (Å²) in [5, 5.41) is 14.3. The fourth-order valence-electron chi connectivity index (χ4n) is 2.70. The molecule has 0 saturated carbocycles. The van der Waals surface area contributed by atoms with Gasteiger partial charge in [-0.15, -0.1) is 6.58 Å². The molecule has 132 valence electrons. The normalized spacial score (nSPS) is 10.3. The molecule has 25 heavy (non-hydrogen) atoms. The molecule has 0 aromatic heterocycles. The zero-order chi connectivity index (χ0) is 18.2. The molecule has 0 aliphatic heterocycles. The van der Waals surface area contributed by atoms with E-state index < -0.39 is 0 Å². The number of allylic oxidation sites excluding steroid dienone is 1. The number of nitro benzene ring substituents is 1. The lowest BCUT2D eigenvalue weighted by Gasteiger charge is -2.15. The second kappa shape index (κ2) is 8.84. The molecule has 6 heteroatoms. The molecule has 0 radical (unpaired) electrons. The van der Waals surface area contributed by atoms with E-state index in [1.807, 2.05) is 18.2 Å². The van der Waals surface area contributed by atoms with Gasteiger partial charge >= 0.3 is 0 Å². The monoisotopic (exact) mass is 342 g/mol. The number of nitro groups is 1. The van der Waals surface area contributed by atoms with Crippen molar-refractivity contribution in [2.45, 2.75) is 19.5 Å². The lowest BCUT2D eigenvalue weighted by atomic mass is 10.1. The first-order valence-corrected chi connectivity index (χ1v) is 7.88. The predicted molar refractivity (Wildman–Crippen MR) is 97.1 cm³/mol. The molecular formula is C19H22N2O4. The van der Waals surface area contributed by atoms with Gasteiger partial charge in [0.05, 0.1) is 19.1 Å². The van der Waals surface area contributed by atoms with Crippen LogP contribution in [0.25, 0.3) is 0 Å². The van der Waals surface area contributed by atoms with Gasteiger partial charge in [0.25, 0.3) is 5.69 Å². The zero-order valence-electron chi connectivity index (χ0n) is 14.5. The third kappa shape index (κ3) is 4.58. The summed E-state index contributed by atoms with van der Waals surface area (Å²) >= 11 is 0. The van der Waals surface area contributed by atoms with Crippen LogP contribution in [0.1, 0.15) is 16.7 Å². The van der Waals surface area contributed by atoms with E-state index in [-0.39, 0.29) is 10.6 Å². The molecule has 6 nitrogen and oxygen atoms in total. The van der Waals surface area contributed by atoms with E-state index in [1.165, 1.54) is 6.07 Å². The Morgan fingerprint density at radius 2 is 1.92 bits per heavy atom. The average molecular weight is 342 g/mol. The largest absolute Gasteiger partial charge is 0.493 e. The first kappa shape index (κ1) is 18.5. The van der Waals surface area contributed by atoms with Crippen LogP contribution in [0.2, 0.25) is 0 Å². The van der Waals surface area contributed by atoms with Crippen molar-refractivity contribution in [3.05, 3.63) is 75.9 Å². The molecule has 0 amide bonds. The van der Waals surface area contributed by atoms with Crippen LogP contribution >= 0.6 is 0 Å². The average Bonchev–Trinajstić information content (AvgIpc) is 2.61. The van der Waals surface area contributed by atoms with Crippen LogP contribution < -0.4 is 14.8 Å². The van der Waals surface area contributed by atoms with Crippen molar-refractivity contribution in [1.82, 2.24) is 5.32 Å². The summed E-state index contributed by atoms with van der Waals surface area (Å²) in [6.45, 7) is 4.73. The Balaban J connectivity index is 2.14. The van der Waals surface area contributed by atoms with E-state index in [4.69, 9.17) is 9.47 Å². The van der Waals surface area contributed by atoms with Gasteiger partial charge in [-0.1, -0.05) is 30.3 Å². The van der Waals surface area contributed by atoms with Gasteiger partial charge in [0.15, 0.2) is 11.5 Å². The Morgan fingerprint density at radius 1 is 1.16 bits per heavy atom. The van der Waals surface area contributed by atoms with E-state index in [2.05, 4.69) is 11.9 Å².